The van der Waals surface area contributed by atoms with E-state index in [1.54, 1.807) is 30.3 Å². The van der Waals surface area contributed by atoms with E-state index in [1.165, 1.54) is 11.1 Å². The molecule has 0 bridgehead atoms. The van der Waals surface area contributed by atoms with Crippen molar-refractivity contribution in [3.8, 4) is 17.2 Å². The molecule has 1 heterocycles. The lowest BCUT2D eigenvalue weighted by atomic mass is 10.1. The Balaban J connectivity index is 1.73. The fraction of sp³-hybridized carbons (Fsp3) is 0.125. The molecule has 32 heavy (non-hydrogen) atoms. The van der Waals surface area contributed by atoms with E-state index in [-0.39, 0.29) is 30.3 Å². The number of hydrogen-bond donors (Lipinski definition) is 0. The van der Waals surface area contributed by atoms with E-state index in [1.807, 2.05) is 36.4 Å². The molecule has 1 aliphatic heterocycles. The third-order valence-corrected chi connectivity index (χ3v) is 4.83. The van der Waals surface area contributed by atoms with Crippen LogP contribution in [0.1, 0.15) is 27.0 Å². The van der Waals surface area contributed by atoms with Gasteiger partial charge in [0.2, 0.25) is 0 Å². The Morgan fingerprint density at radius 2 is 1.59 bits per heavy atom. The minimum Gasteiger partial charge on any atom is -0.487 e. The van der Waals surface area contributed by atoms with Crippen molar-refractivity contribution in [2.24, 2.45) is 0 Å². The number of halogens is 3. The fourth-order valence-corrected chi connectivity index (χ4v) is 3.43. The number of rotatable bonds is 7. The van der Waals surface area contributed by atoms with Gasteiger partial charge in [0, 0.05) is 5.56 Å². The van der Waals surface area contributed by atoms with Crippen molar-refractivity contribution in [1.29, 1.82) is 0 Å². The van der Waals surface area contributed by atoms with Gasteiger partial charge in [-0.1, -0.05) is 76.6 Å². The van der Waals surface area contributed by atoms with Crippen LogP contribution >= 0.6 is 15.9 Å². The Hall–Kier alpha value is -3.39. The molecule has 0 aliphatic carbocycles. The monoisotopic (exact) mass is 502 g/mol. The highest BCUT2D eigenvalue weighted by Gasteiger charge is 2.47. The molecule has 164 valence electrons. The first-order valence-electron chi connectivity index (χ1n) is 9.58. The zero-order chi connectivity index (χ0) is 22.6. The van der Waals surface area contributed by atoms with Crippen molar-refractivity contribution in [2.45, 2.75) is 19.5 Å². The van der Waals surface area contributed by atoms with Gasteiger partial charge in [-0.05, 0) is 28.3 Å². The molecule has 0 unspecified atom stereocenters. The number of carbonyl (C=O) groups is 1. The average molecular weight is 503 g/mol. The zero-order valence-electron chi connectivity index (χ0n) is 16.6. The Labute approximate surface area is 191 Å². The Kier molecular flexibility index (Phi) is 6.41. The first kappa shape index (κ1) is 21.8. The zero-order valence-corrected chi connectivity index (χ0v) is 18.2. The molecule has 3 aromatic rings. The van der Waals surface area contributed by atoms with Crippen molar-refractivity contribution in [3.63, 3.8) is 0 Å². The quantitative estimate of drug-likeness (QED) is 0.354. The molecule has 0 amide bonds. The normalized spacial score (nSPS) is 13.8. The van der Waals surface area contributed by atoms with Gasteiger partial charge in [-0.2, -0.15) is 0 Å². The highest BCUT2D eigenvalue weighted by atomic mass is 79.9. The van der Waals surface area contributed by atoms with E-state index in [4.69, 9.17) is 9.47 Å². The first-order chi connectivity index (χ1) is 15.5. The van der Waals surface area contributed by atoms with Gasteiger partial charge in [0.25, 0.3) is 0 Å². The van der Waals surface area contributed by atoms with Gasteiger partial charge >= 0.3 is 12.3 Å². The Morgan fingerprint density at radius 3 is 2.22 bits per heavy atom. The van der Waals surface area contributed by atoms with Gasteiger partial charge in [0.15, 0.2) is 11.5 Å². The maximum atomic E-state index is 13.9. The van der Waals surface area contributed by atoms with Crippen LogP contribution in [-0.2, 0) is 18.0 Å². The maximum Gasteiger partial charge on any atom is 0.586 e. The van der Waals surface area contributed by atoms with E-state index >= 15 is 0 Å². The highest BCUT2D eigenvalue weighted by Crippen LogP contribution is 2.49. The predicted octanol–water partition coefficient (Wildman–Crippen LogP) is 6.31. The van der Waals surface area contributed by atoms with Gasteiger partial charge in [-0.25, -0.2) is 4.79 Å². The summed E-state index contributed by atoms with van der Waals surface area (Å²) in [4.78, 5) is 14.6. The van der Waals surface area contributed by atoms with E-state index in [0.717, 1.165) is 11.1 Å². The molecule has 0 aromatic heterocycles. The van der Waals surface area contributed by atoms with Crippen molar-refractivity contribution in [1.82, 2.24) is 0 Å². The predicted molar refractivity (Wildman–Crippen MR) is 117 cm³/mol. The molecule has 0 radical (unpaired) electrons. The second-order valence-corrected chi connectivity index (χ2v) is 7.32. The molecule has 3 aromatic carbocycles. The van der Waals surface area contributed by atoms with Crippen LogP contribution in [0.25, 0.3) is 6.08 Å². The summed E-state index contributed by atoms with van der Waals surface area (Å²) < 4.78 is 48.3. The molecule has 0 atom stereocenters. The minimum atomic E-state index is -3.91. The summed E-state index contributed by atoms with van der Waals surface area (Å²) >= 11 is 3.17. The molecule has 5 nitrogen and oxygen atoms in total. The second-order valence-electron chi connectivity index (χ2n) is 6.79. The molecular weight excluding hydrogens is 486 g/mol. The number of ether oxygens (including phenoxy) is 4. The topological polar surface area (TPSA) is 54.0 Å². The molecule has 1 aliphatic rings. The maximum absolute atomic E-state index is 13.9. The van der Waals surface area contributed by atoms with Crippen LogP contribution in [0.15, 0.2) is 71.7 Å². The van der Waals surface area contributed by atoms with Crippen LogP contribution in [0.5, 0.6) is 17.2 Å². The average Bonchev–Trinajstić information content (AvgIpc) is 3.10. The van der Waals surface area contributed by atoms with Gasteiger partial charge in [0.1, 0.15) is 24.5 Å². The van der Waals surface area contributed by atoms with E-state index in [9.17, 15) is 13.6 Å². The smallest absolute Gasteiger partial charge is 0.487 e. The van der Waals surface area contributed by atoms with Gasteiger partial charge in [-0.15, -0.1) is 8.78 Å². The van der Waals surface area contributed by atoms with Crippen LogP contribution in [0.4, 0.5) is 8.78 Å². The summed E-state index contributed by atoms with van der Waals surface area (Å²) in [5, 5.41) is 0. The molecule has 0 N–H and O–H groups in total. The third-order valence-electron chi connectivity index (χ3n) is 4.56. The van der Waals surface area contributed by atoms with Crippen LogP contribution in [0.2, 0.25) is 0 Å². The second kappa shape index (κ2) is 9.40. The molecule has 8 heteroatoms. The summed E-state index contributed by atoms with van der Waals surface area (Å²) in [5.74, 6) is -1.54. The van der Waals surface area contributed by atoms with E-state index in [0.29, 0.717) is 5.56 Å². The number of alkyl halides is 2. The summed E-state index contributed by atoms with van der Waals surface area (Å²) in [6.45, 7) is 0.0430. The number of carbonyl (C=O) groups excluding carboxylic acids is 1. The third kappa shape index (κ3) is 4.91. The summed E-state index contributed by atoms with van der Waals surface area (Å²) in [6, 6.07) is 19.5. The SMILES string of the molecule is O=C(OCc1ccccc1)c1c(OCc2ccccc2)c(/C=C\Br)cc2c1OC(F)(F)O2. The first-order valence-corrected chi connectivity index (χ1v) is 10.5. The van der Waals surface area contributed by atoms with Crippen LogP contribution in [-0.4, -0.2) is 12.3 Å². The molecule has 0 saturated heterocycles. The minimum absolute atomic E-state index is 0.0441. The number of benzene rings is 3. The van der Waals surface area contributed by atoms with Gasteiger partial charge in [0.05, 0.1) is 0 Å². The van der Waals surface area contributed by atoms with Crippen molar-refractivity contribution >= 4 is 28.0 Å². The number of fused-ring (bicyclic) bond motifs is 1. The van der Waals surface area contributed by atoms with E-state index < -0.39 is 18.0 Å². The molecule has 0 saturated carbocycles. The highest BCUT2D eigenvalue weighted by molar-refractivity contribution is 9.11. The molecule has 4 rings (SSSR count). The summed E-state index contributed by atoms with van der Waals surface area (Å²) in [7, 11) is 0. The van der Waals surface area contributed by atoms with Crippen LogP contribution in [0, 0.1) is 0 Å². The van der Waals surface area contributed by atoms with Gasteiger partial charge in [-0.3, -0.25) is 0 Å². The lowest BCUT2D eigenvalue weighted by Crippen LogP contribution is -2.26. The van der Waals surface area contributed by atoms with Crippen LogP contribution in [0.3, 0.4) is 0 Å². The summed E-state index contributed by atoms with van der Waals surface area (Å²) in [5.41, 5.74) is 1.63. The largest absolute Gasteiger partial charge is 0.586 e. The molecule has 0 fully saturated rings. The van der Waals surface area contributed by atoms with Crippen molar-refractivity contribution in [2.75, 3.05) is 0 Å². The lowest BCUT2D eigenvalue weighted by molar-refractivity contribution is -0.286. The summed E-state index contributed by atoms with van der Waals surface area (Å²) in [6.07, 6.45) is -2.36. The molecule has 0 spiro atoms. The number of hydrogen-bond acceptors (Lipinski definition) is 5. The van der Waals surface area contributed by atoms with E-state index in [2.05, 4.69) is 25.4 Å². The fourth-order valence-electron chi connectivity index (χ4n) is 3.15. The number of esters is 1. The Morgan fingerprint density at radius 1 is 0.969 bits per heavy atom. The standard InChI is InChI=1S/C24H17BrF2O5/c25-12-11-18-13-19-22(32-24(26,27)31-19)20(21(18)29-14-16-7-3-1-4-8-16)23(28)30-15-17-9-5-2-6-10-17/h1-13H,14-15H2/b12-11-. The van der Waals surface area contributed by atoms with Crippen LogP contribution < -0.4 is 14.2 Å². The van der Waals surface area contributed by atoms with Crippen molar-refractivity contribution in [3.05, 3.63) is 94.0 Å². The molecular formula is C24H17BrF2O5. The van der Waals surface area contributed by atoms with Gasteiger partial charge < -0.3 is 18.9 Å². The Bertz CT molecular complexity index is 1130. The lowest BCUT2D eigenvalue weighted by Gasteiger charge is -2.16. The van der Waals surface area contributed by atoms with Crippen molar-refractivity contribution < 1.29 is 32.5 Å².